The molecule has 0 bridgehead atoms. The molecule has 0 radical (unpaired) electrons. The predicted molar refractivity (Wildman–Crippen MR) is 308 cm³/mol. The number of hydrogen-bond acceptors (Lipinski definition) is 16. The van der Waals surface area contributed by atoms with Crippen molar-refractivity contribution >= 4 is 50.8 Å². The number of aromatic nitrogens is 8. The second-order valence-electron chi connectivity index (χ2n) is 22.3. The number of methoxy groups -OCH3 is 1. The van der Waals surface area contributed by atoms with Crippen LogP contribution in [0, 0.1) is 31.4 Å². The number of thiazole rings is 1. The van der Waals surface area contributed by atoms with Gasteiger partial charge in [0.25, 0.3) is 0 Å². The van der Waals surface area contributed by atoms with Crippen molar-refractivity contribution in [1.82, 2.24) is 55.7 Å². The van der Waals surface area contributed by atoms with Crippen molar-refractivity contribution in [2.24, 2.45) is 5.92 Å². The smallest absolute Gasteiger partial charge is 0.319 e. The maximum atomic E-state index is 16.1. The number of H-pyrrole nitrogens is 1. The molecule has 1 aliphatic carbocycles. The lowest BCUT2D eigenvalue weighted by Crippen LogP contribution is -2.50. The number of likely N-dealkylation sites (N-methyl/N-ethyl adjacent to an activating group) is 1. The molecule has 5 N–H and O–H groups in total. The van der Waals surface area contributed by atoms with Gasteiger partial charge >= 0.3 is 6.01 Å². The van der Waals surface area contributed by atoms with Crippen LogP contribution < -0.4 is 25.0 Å². The van der Waals surface area contributed by atoms with Crippen molar-refractivity contribution in [1.29, 1.82) is 0 Å². The molecule has 11 rings (SSSR count). The van der Waals surface area contributed by atoms with Gasteiger partial charge in [-0.1, -0.05) is 67.6 Å². The van der Waals surface area contributed by atoms with Gasteiger partial charge in [-0.3, -0.25) is 14.7 Å². The number of hydrogen-bond donors (Lipinski definition) is 5. The first-order valence-electron chi connectivity index (χ1n) is 27.9. The van der Waals surface area contributed by atoms with Gasteiger partial charge in [0.1, 0.15) is 47.8 Å². The summed E-state index contributed by atoms with van der Waals surface area (Å²) < 4.78 is 52.1. The van der Waals surface area contributed by atoms with Crippen LogP contribution in [-0.4, -0.2) is 138 Å². The van der Waals surface area contributed by atoms with Gasteiger partial charge in [-0.15, -0.1) is 16.4 Å². The summed E-state index contributed by atoms with van der Waals surface area (Å²) in [7, 11) is 3.62. The highest BCUT2D eigenvalue weighted by atomic mass is 32.1. The number of aromatic amines is 1. The molecule has 430 valence electrons. The number of β-amino-alcohol motifs (C(OH)–C–C–N with tert-alkyl or cyclic N) is 1. The molecule has 22 heteroatoms. The van der Waals surface area contributed by atoms with Gasteiger partial charge in [0.05, 0.1) is 52.8 Å². The summed E-state index contributed by atoms with van der Waals surface area (Å²) in [6.07, 6.45) is 3.72. The highest BCUT2D eigenvalue weighted by molar-refractivity contribution is 7.13. The van der Waals surface area contributed by atoms with Crippen molar-refractivity contribution in [3.8, 4) is 44.6 Å². The first-order valence-corrected chi connectivity index (χ1v) is 28.8. The van der Waals surface area contributed by atoms with E-state index in [1.807, 2.05) is 83.3 Å². The van der Waals surface area contributed by atoms with E-state index >= 15 is 8.78 Å². The molecule has 4 aromatic heterocycles. The lowest BCUT2D eigenvalue weighted by Gasteiger charge is -2.31. The Kier molecular flexibility index (Phi) is 16.1. The fourth-order valence-electron chi connectivity index (χ4n) is 11.4. The number of fused-ring (bicyclic) bond motifs is 2. The SMILES string of the molecule is CO[C@@H](C)COc1nc(N(C)[C@H]2CCNC2)c2cc(C3CC3)c(-c3c(C)c(F)c(F)c4[nH]ncc34)c(OCc3ccc(-c4cn([C@H](C(=O)N5C[C@H](O)C[C@H]5C(=O)N[C@H](c5ccc(-c6scnc6C)cc5)[C@@H](C)O)C(C)C)nn4)cc3)c2n1. The van der Waals surface area contributed by atoms with E-state index in [1.165, 1.54) is 27.1 Å². The molecule has 2 saturated heterocycles. The summed E-state index contributed by atoms with van der Waals surface area (Å²) in [6.45, 7) is 12.5. The number of aryl methyl sites for hydroxylation is 1. The average Bonchev–Trinajstić information content (AvgIpc) is 2.99. The van der Waals surface area contributed by atoms with E-state index in [0.29, 0.717) is 50.4 Å². The van der Waals surface area contributed by atoms with Gasteiger partial charge in [0, 0.05) is 67.2 Å². The van der Waals surface area contributed by atoms with Crippen molar-refractivity contribution in [2.45, 2.75) is 122 Å². The number of amides is 2. The molecular weight excluding hydrogens is 1070 g/mol. The van der Waals surface area contributed by atoms with Gasteiger partial charge in [-0.2, -0.15) is 15.1 Å². The van der Waals surface area contributed by atoms with Crippen LogP contribution in [0.4, 0.5) is 14.6 Å². The minimum Gasteiger partial charge on any atom is -0.486 e. The molecule has 2 aliphatic heterocycles. The first-order chi connectivity index (χ1) is 39.5. The number of rotatable bonds is 20. The minimum atomic E-state index is -1.01. The number of benzene rings is 4. The van der Waals surface area contributed by atoms with Crippen LogP contribution in [0.15, 0.2) is 72.5 Å². The largest absolute Gasteiger partial charge is 0.486 e. The summed E-state index contributed by atoms with van der Waals surface area (Å²) in [5.41, 5.74) is 8.76. The monoisotopic (exact) mass is 1140 g/mol. The lowest BCUT2D eigenvalue weighted by molar-refractivity contribution is -0.143. The van der Waals surface area contributed by atoms with Crippen LogP contribution in [0.2, 0.25) is 0 Å². The quantitative estimate of drug-likeness (QED) is 0.0482. The van der Waals surface area contributed by atoms with E-state index in [-0.39, 0.29) is 67.3 Å². The molecule has 82 heavy (non-hydrogen) atoms. The lowest BCUT2D eigenvalue weighted by atomic mass is 9.88. The number of carbonyl (C=O) groups is 2. The fraction of sp³-hybridized carbons (Fsp3) is 0.433. The number of aliphatic hydroxyl groups excluding tert-OH is 2. The Morgan fingerprint density at radius 2 is 1.72 bits per heavy atom. The standard InChI is InChI=1S/C60H68F2N12O7S/c1-30(2)54(59(78)73-25-41(76)21-46(73)58(77)66-51(34(6)75)38-15-17-39(18-16-38)56-33(5)64-29-82-56)74-26-45(69-71-74)37-11-9-35(10-12-37)28-80-55-48(47-32(4)49(61)50(62)52-44(47)24-65-70-52)42(36-13-14-36)22-43-53(55)67-60(81-27-31(3)79-8)68-57(43)72(7)40-19-20-63-23-40/h9-12,15-18,22,24,26,29-31,34,36,40-41,46,51,54,63,75-76H,13-14,19-21,23,25,27-28H2,1-8H3,(H,65,70)(H,66,77)/t31-,34+,40-,41+,46-,51-,54-/m0/s1. The van der Waals surface area contributed by atoms with Gasteiger partial charge in [0.15, 0.2) is 17.4 Å². The maximum absolute atomic E-state index is 16.1. The first kappa shape index (κ1) is 56.4. The molecule has 2 amide bonds. The minimum absolute atomic E-state index is 0.0213. The summed E-state index contributed by atoms with van der Waals surface area (Å²) in [6, 6.07) is 14.8. The number of nitrogens with zero attached hydrogens (tertiary/aromatic N) is 9. The second-order valence-corrected chi connectivity index (χ2v) is 23.2. The van der Waals surface area contributed by atoms with Gasteiger partial charge in [-0.25, -0.2) is 18.4 Å². The molecule has 19 nitrogen and oxygen atoms in total. The topological polar surface area (TPSA) is 231 Å². The second kappa shape index (κ2) is 23.4. The Hall–Kier alpha value is -7.50. The third kappa shape index (κ3) is 11.0. The van der Waals surface area contributed by atoms with Crippen molar-refractivity contribution in [3.05, 3.63) is 112 Å². The molecule has 1 saturated carbocycles. The molecule has 0 unspecified atom stereocenters. The van der Waals surface area contributed by atoms with Crippen LogP contribution in [0.3, 0.4) is 0 Å². The number of carbonyl (C=O) groups excluding carboxylic acids is 2. The average molecular weight is 1140 g/mol. The maximum Gasteiger partial charge on any atom is 0.319 e. The Balaban J connectivity index is 0.881. The predicted octanol–water partition coefficient (Wildman–Crippen LogP) is 8.52. The molecule has 8 aromatic rings. The zero-order valence-corrected chi connectivity index (χ0v) is 47.9. The van der Waals surface area contributed by atoms with E-state index < -0.39 is 53.8 Å². The molecule has 6 heterocycles. The summed E-state index contributed by atoms with van der Waals surface area (Å²) in [5.74, 6) is -2.09. The summed E-state index contributed by atoms with van der Waals surface area (Å²) >= 11 is 1.53. The molecule has 3 aliphatic rings. The molecule has 4 aromatic carbocycles. The Labute approximate surface area is 477 Å². The van der Waals surface area contributed by atoms with Crippen LogP contribution in [0.25, 0.3) is 54.6 Å². The van der Waals surface area contributed by atoms with E-state index in [1.54, 1.807) is 32.7 Å². The number of ether oxygens (including phenoxy) is 3. The Morgan fingerprint density at radius 3 is 2.39 bits per heavy atom. The van der Waals surface area contributed by atoms with Crippen molar-refractivity contribution < 1.29 is 42.8 Å². The number of likely N-dealkylation sites (tertiary alicyclic amines) is 1. The van der Waals surface area contributed by atoms with Crippen LogP contribution in [-0.2, 0) is 20.9 Å². The normalized spacial score (nSPS) is 18.8. The Bertz CT molecular complexity index is 3640. The van der Waals surface area contributed by atoms with Crippen molar-refractivity contribution in [2.75, 3.05) is 45.3 Å². The van der Waals surface area contributed by atoms with Gasteiger partial charge in [0.2, 0.25) is 11.8 Å². The van der Waals surface area contributed by atoms with Gasteiger partial charge in [-0.05, 0) is 99.2 Å². The van der Waals surface area contributed by atoms with Crippen molar-refractivity contribution in [3.63, 3.8) is 0 Å². The number of aliphatic hydroxyl groups is 2. The molecular formula is C60H68F2N12O7S. The van der Waals surface area contributed by atoms with E-state index in [0.717, 1.165) is 65.0 Å². The third-order valence-corrected chi connectivity index (χ3v) is 17.2. The highest BCUT2D eigenvalue weighted by Crippen LogP contribution is 2.53. The molecule has 0 spiro atoms. The fourth-order valence-corrected chi connectivity index (χ4v) is 12.2. The number of nitrogens with one attached hydrogen (secondary N) is 3. The van der Waals surface area contributed by atoms with Gasteiger partial charge < -0.3 is 44.9 Å². The third-order valence-electron chi connectivity index (χ3n) is 16.2. The summed E-state index contributed by atoms with van der Waals surface area (Å²) in [4.78, 5) is 47.8. The number of anilines is 1. The molecule has 3 fully saturated rings. The zero-order valence-electron chi connectivity index (χ0n) is 47.1. The van der Waals surface area contributed by atoms with Crippen LogP contribution in [0.1, 0.15) is 99.3 Å². The zero-order chi connectivity index (χ0) is 57.7. The van der Waals surface area contributed by atoms with E-state index in [4.69, 9.17) is 24.2 Å². The van der Waals surface area contributed by atoms with E-state index in [2.05, 4.69) is 47.1 Å². The van der Waals surface area contributed by atoms with Crippen LogP contribution in [0.5, 0.6) is 11.8 Å². The summed E-state index contributed by atoms with van der Waals surface area (Å²) in [5, 5.41) is 45.2. The Morgan fingerprint density at radius 1 is 0.963 bits per heavy atom. The van der Waals surface area contributed by atoms with Crippen LogP contribution >= 0.6 is 11.3 Å². The number of halogens is 2. The van der Waals surface area contributed by atoms with E-state index in [9.17, 15) is 19.8 Å². The molecule has 7 atom stereocenters. The highest BCUT2D eigenvalue weighted by Gasteiger charge is 2.44.